The molecule has 0 radical (unpaired) electrons. The van der Waals surface area contributed by atoms with E-state index in [1.54, 1.807) is 0 Å². The standard InChI is InChI=1S/C19H27N3O2/c23-19(24)17-11-15-5-1-2-6-16(15)22(17)13-14-7-8-18(20-12-14)21-9-3-4-10-21/h7-8,12,15-17H,1-6,9-11,13H2,(H,23,24). The van der Waals surface area contributed by atoms with Crippen molar-refractivity contribution in [1.29, 1.82) is 0 Å². The normalized spacial score (nSPS) is 30.5. The minimum atomic E-state index is -0.661. The lowest BCUT2D eigenvalue weighted by molar-refractivity contribution is -0.142. The van der Waals surface area contributed by atoms with E-state index in [0.29, 0.717) is 18.5 Å². The van der Waals surface area contributed by atoms with Crippen LogP contribution in [0, 0.1) is 5.92 Å². The molecule has 1 saturated carbocycles. The van der Waals surface area contributed by atoms with Gasteiger partial charge in [0.2, 0.25) is 0 Å². The van der Waals surface area contributed by atoms with Gasteiger partial charge >= 0.3 is 5.97 Å². The quantitative estimate of drug-likeness (QED) is 0.920. The Kier molecular flexibility index (Phi) is 4.44. The minimum Gasteiger partial charge on any atom is -0.480 e. The van der Waals surface area contributed by atoms with Gasteiger partial charge in [-0.1, -0.05) is 18.9 Å². The number of carboxylic acids is 1. The van der Waals surface area contributed by atoms with E-state index in [0.717, 1.165) is 37.3 Å². The number of fused-ring (bicyclic) bond motifs is 1. The highest BCUT2D eigenvalue weighted by Gasteiger charge is 2.44. The van der Waals surface area contributed by atoms with E-state index in [9.17, 15) is 9.90 Å². The van der Waals surface area contributed by atoms with Crippen LogP contribution in [0.1, 0.15) is 50.5 Å². The third-order valence-corrected chi connectivity index (χ3v) is 6.11. The van der Waals surface area contributed by atoms with E-state index >= 15 is 0 Å². The average Bonchev–Trinajstić information content (AvgIpc) is 3.24. The van der Waals surface area contributed by atoms with Gasteiger partial charge in [0.25, 0.3) is 0 Å². The predicted molar refractivity (Wildman–Crippen MR) is 93.0 cm³/mol. The molecule has 1 aromatic rings. The van der Waals surface area contributed by atoms with Crippen LogP contribution in [-0.2, 0) is 11.3 Å². The second-order valence-corrected chi connectivity index (χ2v) is 7.59. The number of carbonyl (C=O) groups is 1. The lowest BCUT2D eigenvalue weighted by Crippen LogP contribution is -2.41. The molecule has 0 bridgehead atoms. The maximum Gasteiger partial charge on any atom is 0.320 e. The number of aliphatic carboxylic acids is 1. The van der Waals surface area contributed by atoms with E-state index in [2.05, 4.69) is 26.9 Å². The van der Waals surface area contributed by atoms with E-state index in [4.69, 9.17) is 0 Å². The minimum absolute atomic E-state index is 0.323. The van der Waals surface area contributed by atoms with Gasteiger partial charge in [-0.05, 0) is 49.7 Å². The van der Waals surface area contributed by atoms with Gasteiger partial charge in [-0.25, -0.2) is 4.98 Å². The number of hydrogen-bond acceptors (Lipinski definition) is 4. The Morgan fingerprint density at radius 3 is 2.67 bits per heavy atom. The van der Waals surface area contributed by atoms with Crippen molar-refractivity contribution in [1.82, 2.24) is 9.88 Å². The number of hydrogen-bond donors (Lipinski definition) is 1. The molecule has 0 amide bonds. The summed E-state index contributed by atoms with van der Waals surface area (Å²) < 4.78 is 0. The number of nitrogens with zero attached hydrogens (tertiary/aromatic N) is 3. The van der Waals surface area contributed by atoms with Crippen LogP contribution in [0.4, 0.5) is 5.82 Å². The summed E-state index contributed by atoms with van der Waals surface area (Å²) in [6.45, 7) is 2.91. The molecular weight excluding hydrogens is 302 g/mol. The summed E-state index contributed by atoms with van der Waals surface area (Å²) in [5.74, 6) is 0.964. The topological polar surface area (TPSA) is 56.7 Å². The van der Waals surface area contributed by atoms with Gasteiger partial charge in [-0.15, -0.1) is 0 Å². The van der Waals surface area contributed by atoms with Crippen LogP contribution in [0.5, 0.6) is 0 Å². The third kappa shape index (κ3) is 3.02. The SMILES string of the molecule is O=C(O)C1CC2CCCCC2N1Cc1ccc(N2CCCC2)nc1. The predicted octanol–water partition coefficient (Wildman–Crippen LogP) is 2.90. The van der Waals surface area contributed by atoms with Gasteiger partial charge in [0.05, 0.1) is 0 Å². The monoisotopic (exact) mass is 329 g/mol. The molecule has 3 atom stereocenters. The Bertz CT molecular complexity index is 583. The van der Waals surface area contributed by atoms with Gasteiger partial charge in [0, 0.05) is 31.9 Å². The van der Waals surface area contributed by atoms with E-state index < -0.39 is 5.97 Å². The van der Waals surface area contributed by atoms with Crippen molar-refractivity contribution in [3.8, 4) is 0 Å². The maximum absolute atomic E-state index is 11.7. The third-order valence-electron chi connectivity index (χ3n) is 6.11. The Morgan fingerprint density at radius 1 is 1.17 bits per heavy atom. The first-order valence-corrected chi connectivity index (χ1v) is 9.41. The highest BCUT2D eigenvalue weighted by atomic mass is 16.4. The Balaban J connectivity index is 1.48. The van der Waals surface area contributed by atoms with E-state index in [1.165, 1.54) is 32.1 Å². The second kappa shape index (κ2) is 6.71. The van der Waals surface area contributed by atoms with Crippen LogP contribution in [0.15, 0.2) is 18.3 Å². The summed E-state index contributed by atoms with van der Waals surface area (Å²) in [6, 6.07) is 4.36. The zero-order valence-electron chi connectivity index (χ0n) is 14.2. The first-order valence-electron chi connectivity index (χ1n) is 9.41. The Morgan fingerprint density at radius 2 is 1.96 bits per heavy atom. The number of carboxylic acid groups (broad SMARTS) is 1. The molecule has 2 aliphatic heterocycles. The molecule has 1 aliphatic carbocycles. The molecule has 5 heteroatoms. The smallest absolute Gasteiger partial charge is 0.320 e. The Labute approximate surface area is 143 Å². The zero-order chi connectivity index (χ0) is 16.5. The lowest BCUT2D eigenvalue weighted by Gasteiger charge is -2.33. The fourth-order valence-corrected chi connectivity index (χ4v) is 4.88. The fourth-order valence-electron chi connectivity index (χ4n) is 4.88. The lowest BCUT2D eigenvalue weighted by atomic mass is 9.84. The molecule has 2 saturated heterocycles. The van der Waals surface area contributed by atoms with Gasteiger partial charge in [0.15, 0.2) is 0 Å². The first kappa shape index (κ1) is 15.9. The van der Waals surface area contributed by atoms with Gasteiger partial charge in [0.1, 0.15) is 11.9 Å². The van der Waals surface area contributed by atoms with Crippen LogP contribution in [0.3, 0.4) is 0 Å². The molecule has 4 rings (SSSR count). The average molecular weight is 329 g/mol. The number of aromatic nitrogens is 1. The van der Waals surface area contributed by atoms with E-state index in [-0.39, 0.29) is 6.04 Å². The Hall–Kier alpha value is -1.62. The summed E-state index contributed by atoms with van der Waals surface area (Å²) in [5, 5.41) is 9.63. The van der Waals surface area contributed by atoms with Crippen molar-refractivity contribution in [3.05, 3.63) is 23.9 Å². The van der Waals surface area contributed by atoms with Crippen molar-refractivity contribution in [3.63, 3.8) is 0 Å². The summed E-state index contributed by atoms with van der Waals surface area (Å²) in [5.41, 5.74) is 1.13. The molecule has 3 fully saturated rings. The molecule has 1 N–H and O–H groups in total. The van der Waals surface area contributed by atoms with Gasteiger partial charge in [-0.3, -0.25) is 9.69 Å². The van der Waals surface area contributed by atoms with Crippen molar-refractivity contribution < 1.29 is 9.90 Å². The summed E-state index contributed by atoms with van der Waals surface area (Å²) >= 11 is 0. The van der Waals surface area contributed by atoms with Crippen molar-refractivity contribution >= 4 is 11.8 Å². The zero-order valence-corrected chi connectivity index (χ0v) is 14.2. The largest absolute Gasteiger partial charge is 0.480 e. The molecule has 1 aromatic heterocycles. The number of rotatable bonds is 4. The summed E-state index contributed by atoms with van der Waals surface area (Å²) in [6.07, 6.45) is 10.1. The van der Waals surface area contributed by atoms with Crippen LogP contribution in [0.25, 0.3) is 0 Å². The van der Waals surface area contributed by atoms with E-state index in [1.807, 2.05) is 6.20 Å². The summed E-state index contributed by atoms with van der Waals surface area (Å²) in [7, 11) is 0. The second-order valence-electron chi connectivity index (χ2n) is 7.59. The first-order chi connectivity index (χ1) is 11.7. The molecular formula is C19H27N3O2. The van der Waals surface area contributed by atoms with Gasteiger partial charge < -0.3 is 10.0 Å². The molecule has 3 unspecified atom stereocenters. The molecule has 24 heavy (non-hydrogen) atoms. The highest BCUT2D eigenvalue weighted by Crippen LogP contribution is 2.40. The molecule has 0 spiro atoms. The van der Waals surface area contributed by atoms with Crippen LogP contribution >= 0.6 is 0 Å². The van der Waals surface area contributed by atoms with Crippen LogP contribution in [0.2, 0.25) is 0 Å². The number of pyridine rings is 1. The van der Waals surface area contributed by atoms with Crippen LogP contribution < -0.4 is 4.90 Å². The number of anilines is 1. The molecule has 3 heterocycles. The van der Waals surface area contributed by atoms with Crippen molar-refractivity contribution in [2.45, 2.75) is 63.6 Å². The van der Waals surface area contributed by atoms with Crippen molar-refractivity contribution in [2.75, 3.05) is 18.0 Å². The highest BCUT2D eigenvalue weighted by molar-refractivity contribution is 5.74. The van der Waals surface area contributed by atoms with Gasteiger partial charge in [-0.2, -0.15) is 0 Å². The van der Waals surface area contributed by atoms with Crippen molar-refractivity contribution in [2.24, 2.45) is 5.92 Å². The van der Waals surface area contributed by atoms with Crippen LogP contribution in [-0.4, -0.2) is 46.1 Å². The molecule has 3 aliphatic rings. The molecule has 130 valence electrons. The number of likely N-dealkylation sites (tertiary alicyclic amines) is 1. The summed E-state index contributed by atoms with van der Waals surface area (Å²) in [4.78, 5) is 20.9. The molecule has 5 nitrogen and oxygen atoms in total. The fraction of sp³-hybridized carbons (Fsp3) is 0.684. The molecule has 0 aromatic carbocycles. The maximum atomic E-state index is 11.7.